The molecule has 1 N–H and O–H groups in total. The van der Waals surface area contributed by atoms with E-state index in [4.69, 9.17) is 9.84 Å². The Balaban J connectivity index is 2.17. The van der Waals surface area contributed by atoms with Gasteiger partial charge in [-0.15, -0.1) is 0 Å². The fourth-order valence-electron chi connectivity index (χ4n) is 2.44. The molecule has 0 saturated carbocycles. The summed E-state index contributed by atoms with van der Waals surface area (Å²) in [6.45, 7) is 8.49. The Hall–Kier alpha value is -1.51. The van der Waals surface area contributed by atoms with Gasteiger partial charge in [0.05, 0.1) is 6.42 Å². The Bertz CT molecular complexity index is 485. The number of aliphatic carboxylic acids is 1. The van der Waals surface area contributed by atoms with Crippen LogP contribution in [0.25, 0.3) is 0 Å². The van der Waals surface area contributed by atoms with E-state index in [-0.39, 0.29) is 23.9 Å². The van der Waals surface area contributed by atoms with E-state index in [1.54, 1.807) is 0 Å². The second-order valence-corrected chi connectivity index (χ2v) is 6.54. The maximum atomic E-state index is 10.8. The van der Waals surface area contributed by atoms with E-state index in [1.165, 1.54) is 5.56 Å². The predicted octanol–water partition coefficient (Wildman–Crippen LogP) is 3.61. The molecule has 104 valence electrons. The van der Waals surface area contributed by atoms with Gasteiger partial charge in [0.25, 0.3) is 0 Å². The molecule has 0 saturated heterocycles. The molecular formula is C16H22O3. The zero-order valence-electron chi connectivity index (χ0n) is 12.1. The SMILES string of the molecule is CC(CC(=O)O)c1ccc2c(c1)CC(C(C)(C)C)O2. The van der Waals surface area contributed by atoms with Crippen LogP contribution in [-0.4, -0.2) is 17.2 Å². The molecule has 2 unspecified atom stereocenters. The Morgan fingerprint density at radius 1 is 1.47 bits per heavy atom. The summed E-state index contributed by atoms with van der Waals surface area (Å²) in [4.78, 5) is 10.8. The van der Waals surface area contributed by atoms with E-state index in [9.17, 15) is 4.79 Å². The van der Waals surface area contributed by atoms with Crippen molar-refractivity contribution in [1.29, 1.82) is 0 Å². The summed E-state index contributed by atoms with van der Waals surface area (Å²) in [5, 5.41) is 8.86. The number of hydrogen-bond donors (Lipinski definition) is 1. The Morgan fingerprint density at radius 3 is 2.74 bits per heavy atom. The van der Waals surface area contributed by atoms with E-state index in [0.29, 0.717) is 0 Å². The van der Waals surface area contributed by atoms with E-state index >= 15 is 0 Å². The number of carboxylic acids is 1. The van der Waals surface area contributed by atoms with Gasteiger partial charge >= 0.3 is 5.97 Å². The fraction of sp³-hybridized carbons (Fsp3) is 0.562. The minimum absolute atomic E-state index is 0.0384. The monoisotopic (exact) mass is 262 g/mol. The van der Waals surface area contributed by atoms with E-state index in [1.807, 2.05) is 19.1 Å². The maximum absolute atomic E-state index is 10.8. The van der Waals surface area contributed by atoms with Crippen molar-refractivity contribution in [3.8, 4) is 5.75 Å². The van der Waals surface area contributed by atoms with Gasteiger partial charge in [0.2, 0.25) is 0 Å². The van der Waals surface area contributed by atoms with Crippen molar-refractivity contribution in [2.24, 2.45) is 5.41 Å². The van der Waals surface area contributed by atoms with Crippen LogP contribution >= 0.6 is 0 Å². The zero-order valence-corrected chi connectivity index (χ0v) is 12.1. The van der Waals surface area contributed by atoms with Gasteiger partial charge in [-0.1, -0.05) is 39.8 Å². The summed E-state index contributed by atoms with van der Waals surface area (Å²) in [6, 6.07) is 6.07. The lowest BCUT2D eigenvalue weighted by Crippen LogP contribution is -2.30. The molecule has 2 atom stereocenters. The lowest BCUT2D eigenvalue weighted by atomic mass is 9.86. The third-order valence-electron chi connectivity index (χ3n) is 3.77. The molecule has 0 aromatic heterocycles. The molecule has 1 aromatic carbocycles. The van der Waals surface area contributed by atoms with E-state index in [0.717, 1.165) is 17.7 Å². The van der Waals surface area contributed by atoms with Crippen LogP contribution in [0, 0.1) is 5.41 Å². The quantitative estimate of drug-likeness (QED) is 0.905. The Kier molecular flexibility index (Phi) is 3.57. The van der Waals surface area contributed by atoms with E-state index < -0.39 is 5.97 Å². The van der Waals surface area contributed by atoms with Gasteiger partial charge in [0.15, 0.2) is 0 Å². The number of carboxylic acid groups (broad SMARTS) is 1. The fourth-order valence-corrected chi connectivity index (χ4v) is 2.44. The minimum Gasteiger partial charge on any atom is -0.489 e. The summed E-state index contributed by atoms with van der Waals surface area (Å²) >= 11 is 0. The number of hydrogen-bond acceptors (Lipinski definition) is 2. The van der Waals surface area contributed by atoms with Crippen molar-refractivity contribution in [2.75, 3.05) is 0 Å². The predicted molar refractivity (Wildman–Crippen MR) is 74.7 cm³/mol. The van der Waals surface area contributed by atoms with Crippen LogP contribution in [0.2, 0.25) is 0 Å². The molecule has 0 radical (unpaired) electrons. The summed E-state index contributed by atoms with van der Waals surface area (Å²) in [5.41, 5.74) is 2.40. The van der Waals surface area contributed by atoms with Crippen molar-refractivity contribution in [2.45, 2.75) is 52.6 Å². The van der Waals surface area contributed by atoms with Crippen molar-refractivity contribution >= 4 is 5.97 Å². The molecule has 19 heavy (non-hydrogen) atoms. The normalized spacial score (nSPS) is 19.7. The van der Waals surface area contributed by atoms with Gasteiger partial charge in [0, 0.05) is 6.42 Å². The molecule has 0 aliphatic carbocycles. The Morgan fingerprint density at radius 2 is 2.16 bits per heavy atom. The lowest BCUT2D eigenvalue weighted by Gasteiger charge is -2.25. The second kappa shape index (κ2) is 4.87. The Labute approximate surface area is 114 Å². The number of rotatable bonds is 3. The standard InChI is InChI=1S/C16H22O3/c1-10(7-15(17)18)11-5-6-13-12(8-11)9-14(19-13)16(2,3)4/h5-6,8,10,14H,7,9H2,1-4H3,(H,17,18). The molecule has 0 amide bonds. The van der Waals surface area contributed by atoms with Crippen molar-refractivity contribution in [3.05, 3.63) is 29.3 Å². The molecule has 0 fully saturated rings. The molecular weight excluding hydrogens is 240 g/mol. The van der Waals surface area contributed by atoms with Crippen LogP contribution in [-0.2, 0) is 11.2 Å². The molecule has 0 spiro atoms. The third kappa shape index (κ3) is 3.09. The van der Waals surface area contributed by atoms with Crippen LogP contribution in [0.4, 0.5) is 0 Å². The van der Waals surface area contributed by atoms with E-state index in [2.05, 4.69) is 26.8 Å². The van der Waals surface area contributed by atoms with Crippen LogP contribution < -0.4 is 4.74 Å². The number of fused-ring (bicyclic) bond motifs is 1. The zero-order chi connectivity index (χ0) is 14.2. The van der Waals surface area contributed by atoms with Gasteiger partial charge < -0.3 is 9.84 Å². The third-order valence-corrected chi connectivity index (χ3v) is 3.77. The van der Waals surface area contributed by atoms with Crippen molar-refractivity contribution in [1.82, 2.24) is 0 Å². The average Bonchev–Trinajstić information content (AvgIpc) is 2.69. The summed E-state index contributed by atoms with van der Waals surface area (Å²) in [7, 11) is 0. The van der Waals surface area contributed by atoms with Crippen molar-refractivity contribution in [3.63, 3.8) is 0 Å². The molecule has 0 bridgehead atoms. The van der Waals surface area contributed by atoms with Gasteiger partial charge in [-0.2, -0.15) is 0 Å². The van der Waals surface area contributed by atoms with Crippen LogP contribution in [0.15, 0.2) is 18.2 Å². The first-order chi connectivity index (χ1) is 8.77. The van der Waals surface area contributed by atoms with Gasteiger partial charge in [-0.3, -0.25) is 4.79 Å². The highest BCUT2D eigenvalue weighted by molar-refractivity contribution is 5.68. The molecule has 1 heterocycles. The van der Waals surface area contributed by atoms with Crippen molar-refractivity contribution < 1.29 is 14.6 Å². The molecule has 1 aliphatic rings. The topological polar surface area (TPSA) is 46.5 Å². The molecule has 1 aromatic rings. The highest BCUT2D eigenvalue weighted by Crippen LogP contribution is 2.38. The molecule has 3 nitrogen and oxygen atoms in total. The molecule has 1 aliphatic heterocycles. The summed E-state index contributed by atoms with van der Waals surface area (Å²) in [6.07, 6.45) is 1.28. The molecule has 2 rings (SSSR count). The maximum Gasteiger partial charge on any atom is 0.303 e. The van der Waals surface area contributed by atoms with Crippen LogP contribution in [0.1, 0.15) is 51.2 Å². The first-order valence-electron chi connectivity index (χ1n) is 6.78. The van der Waals surface area contributed by atoms with Gasteiger partial charge in [0.1, 0.15) is 11.9 Å². The average molecular weight is 262 g/mol. The minimum atomic E-state index is -0.753. The lowest BCUT2D eigenvalue weighted by molar-refractivity contribution is -0.137. The molecule has 3 heteroatoms. The summed E-state index contributed by atoms with van der Waals surface area (Å²) in [5.74, 6) is 0.236. The number of carbonyl (C=O) groups is 1. The summed E-state index contributed by atoms with van der Waals surface area (Å²) < 4.78 is 5.97. The number of ether oxygens (including phenoxy) is 1. The smallest absolute Gasteiger partial charge is 0.303 e. The highest BCUT2D eigenvalue weighted by Gasteiger charge is 2.33. The first kappa shape index (κ1) is 13.9. The highest BCUT2D eigenvalue weighted by atomic mass is 16.5. The van der Waals surface area contributed by atoms with Gasteiger partial charge in [-0.25, -0.2) is 0 Å². The van der Waals surface area contributed by atoms with Crippen LogP contribution in [0.5, 0.6) is 5.75 Å². The second-order valence-electron chi connectivity index (χ2n) is 6.54. The van der Waals surface area contributed by atoms with Gasteiger partial charge in [-0.05, 0) is 28.5 Å². The first-order valence-corrected chi connectivity index (χ1v) is 6.78. The van der Waals surface area contributed by atoms with Crippen LogP contribution in [0.3, 0.4) is 0 Å². The largest absolute Gasteiger partial charge is 0.489 e. The number of benzene rings is 1.